The Morgan fingerprint density at radius 3 is 2.30 bits per heavy atom. The Kier molecular flexibility index (Phi) is 3.38. The molecule has 2 rings (SSSR count). The van der Waals surface area contributed by atoms with Gasteiger partial charge in [0, 0.05) is 24.2 Å². The lowest BCUT2D eigenvalue weighted by molar-refractivity contribution is -0.131. The Balaban J connectivity index is 2.23. The largest absolute Gasteiger partial charge is 0.327 e. The molecule has 0 aliphatic carbocycles. The lowest BCUT2D eigenvalue weighted by Crippen LogP contribution is -2.43. The van der Waals surface area contributed by atoms with Crippen LogP contribution in [0.15, 0.2) is 29.4 Å². The van der Waals surface area contributed by atoms with Crippen molar-refractivity contribution in [3.8, 4) is 0 Å². The number of rotatable bonds is 3. The summed E-state index contributed by atoms with van der Waals surface area (Å²) in [7, 11) is 1.48. The Morgan fingerprint density at radius 1 is 1.25 bits per heavy atom. The van der Waals surface area contributed by atoms with Crippen LogP contribution >= 0.6 is 0 Å². The number of azide groups is 1. The maximum Gasteiger partial charge on any atom is 0.327 e. The highest BCUT2D eigenvalue weighted by Gasteiger charge is 2.49. The third-order valence-electron chi connectivity index (χ3n) is 3.46. The number of nitrogens with zero attached hydrogens (tertiary/aromatic N) is 5. The molecule has 1 aliphatic heterocycles. The highest BCUT2D eigenvalue weighted by Crippen LogP contribution is 2.28. The van der Waals surface area contributed by atoms with E-state index in [2.05, 4.69) is 10.0 Å². The van der Waals surface area contributed by atoms with Gasteiger partial charge in [0.15, 0.2) is 0 Å². The standard InChI is InChI=1S/C13H15N5O2/c1-13(2)11(19)17(3)12(20)18(13)8-9-4-6-10(7-5-9)15-16-14/h4-7H,8H2,1-3H3. The molecular weight excluding hydrogens is 258 g/mol. The van der Waals surface area contributed by atoms with Gasteiger partial charge in [-0.15, -0.1) is 0 Å². The summed E-state index contributed by atoms with van der Waals surface area (Å²) < 4.78 is 0. The molecule has 0 unspecified atom stereocenters. The van der Waals surface area contributed by atoms with Gasteiger partial charge in [-0.3, -0.25) is 9.69 Å². The van der Waals surface area contributed by atoms with E-state index in [1.54, 1.807) is 38.1 Å². The average Bonchev–Trinajstić information content (AvgIpc) is 2.56. The third-order valence-corrected chi connectivity index (χ3v) is 3.46. The lowest BCUT2D eigenvalue weighted by atomic mass is 10.0. The highest BCUT2D eigenvalue weighted by molar-refractivity contribution is 6.06. The lowest BCUT2D eigenvalue weighted by Gasteiger charge is -2.27. The van der Waals surface area contributed by atoms with Gasteiger partial charge in [0.05, 0.1) is 0 Å². The van der Waals surface area contributed by atoms with Crippen molar-refractivity contribution >= 4 is 17.6 Å². The summed E-state index contributed by atoms with van der Waals surface area (Å²) in [5.74, 6) is -0.215. The van der Waals surface area contributed by atoms with Crippen LogP contribution in [0.1, 0.15) is 19.4 Å². The fourth-order valence-corrected chi connectivity index (χ4v) is 2.20. The van der Waals surface area contributed by atoms with Crippen LogP contribution in [0.3, 0.4) is 0 Å². The van der Waals surface area contributed by atoms with Crippen LogP contribution < -0.4 is 0 Å². The molecule has 7 heteroatoms. The Labute approximate surface area is 116 Å². The first kappa shape index (κ1) is 13.9. The van der Waals surface area contributed by atoms with Gasteiger partial charge in [-0.25, -0.2) is 4.79 Å². The van der Waals surface area contributed by atoms with E-state index in [0.29, 0.717) is 12.2 Å². The summed E-state index contributed by atoms with van der Waals surface area (Å²) >= 11 is 0. The van der Waals surface area contributed by atoms with Gasteiger partial charge in [-0.1, -0.05) is 29.4 Å². The van der Waals surface area contributed by atoms with E-state index in [9.17, 15) is 9.59 Å². The van der Waals surface area contributed by atoms with E-state index in [-0.39, 0.29) is 11.9 Å². The van der Waals surface area contributed by atoms with E-state index >= 15 is 0 Å². The second-order valence-corrected chi connectivity index (χ2v) is 5.15. The molecule has 104 valence electrons. The van der Waals surface area contributed by atoms with E-state index in [1.165, 1.54) is 11.9 Å². The molecule has 1 aliphatic rings. The van der Waals surface area contributed by atoms with Crippen molar-refractivity contribution < 1.29 is 9.59 Å². The molecule has 7 nitrogen and oxygen atoms in total. The fraction of sp³-hybridized carbons (Fsp3) is 0.385. The molecule has 3 amide bonds. The molecule has 1 aromatic carbocycles. The first-order chi connectivity index (χ1) is 9.37. The molecule has 0 bridgehead atoms. The van der Waals surface area contributed by atoms with Crippen molar-refractivity contribution in [2.75, 3.05) is 7.05 Å². The van der Waals surface area contributed by atoms with E-state index < -0.39 is 5.54 Å². The zero-order valence-electron chi connectivity index (χ0n) is 11.6. The third kappa shape index (κ3) is 2.19. The Morgan fingerprint density at radius 2 is 1.85 bits per heavy atom. The highest BCUT2D eigenvalue weighted by atomic mass is 16.2. The molecule has 1 heterocycles. The van der Waals surface area contributed by atoms with Gasteiger partial charge in [0.1, 0.15) is 5.54 Å². The van der Waals surface area contributed by atoms with Gasteiger partial charge in [0.25, 0.3) is 5.91 Å². The first-order valence-electron chi connectivity index (χ1n) is 6.11. The van der Waals surface area contributed by atoms with Gasteiger partial charge in [0.2, 0.25) is 0 Å². The van der Waals surface area contributed by atoms with Crippen molar-refractivity contribution in [3.05, 3.63) is 40.3 Å². The number of urea groups is 1. The number of imide groups is 1. The molecule has 1 saturated heterocycles. The fourth-order valence-electron chi connectivity index (χ4n) is 2.20. The summed E-state index contributed by atoms with van der Waals surface area (Å²) in [5, 5.41) is 3.48. The SMILES string of the molecule is CN1C(=O)N(Cc2ccc(N=[N+]=[N-])cc2)C(C)(C)C1=O. The minimum absolute atomic E-state index is 0.215. The summed E-state index contributed by atoms with van der Waals surface area (Å²) in [6.45, 7) is 3.79. The normalized spacial score (nSPS) is 17.4. The van der Waals surface area contributed by atoms with Gasteiger partial charge in [-0.05, 0) is 24.9 Å². The summed E-state index contributed by atoms with van der Waals surface area (Å²) in [6, 6.07) is 6.59. The van der Waals surface area contributed by atoms with Crippen LogP contribution in [0, 0.1) is 0 Å². The molecule has 20 heavy (non-hydrogen) atoms. The molecular formula is C13H15N5O2. The average molecular weight is 273 g/mol. The number of hydrogen-bond donors (Lipinski definition) is 0. The first-order valence-corrected chi connectivity index (χ1v) is 6.11. The smallest absolute Gasteiger partial charge is 0.306 e. The van der Waals surface area contributed by atoms with Gasteiger partial charge >= 0.3 is 6.03 Å². The topological polar surface area (TPSA) is 89.4 Å². The summed E-state index contributed by atoms with van der Waals surface area (Å²) in [4.78, 5) is 29.4. The van der Waals surface area contributed by atoms with Crippen molar-refractivity contribution in [1.82, 2.24) is 9.80 Å². The quantitative estimate of drug-likeness (QED) is 0.367. The number of hydrogen-bond acceptors (Lipinski definition) is 3. The van der Waals surface area contributed by atoms with Crippen molar-refractivity contribution in [2.24, 2.45) is 5.11 Å². The number of carbonyl (C=O) groups is 2. The minimum atomic E-state index is -0.852. The van der Waals surface area contributed by atoms with Gasteiger partial charge in [-0.2, -0.15) is 0 Å². The maximum atomic E-state index is 12.1. The van der Waals surface area contributed by atoms with Crippen LogP contribution in [0.25, 0.3) is 10.4 Å². The van der Waals surface area contributed by atoms with Crippen LogP contribution in [0.5, 0.6) is 0 Å². The molecule has 0 spiro atoms. The van der Waals surface area contributed by atoms with E-state index in [4.69, 9.17) is 5.53 Å². The van der Waals surface area contributed by atoms with E-state index in [0.717, 1.165) is 10.5 Å². The minimum Gasteiger partial charge on any atom is -0.306 e. The van der Waals surface area contributed by atoms with Crippen LogP contribution in [0.2, 0.25) is 0 Å². The molecule has 0 atom stereocenters. The summed E-state index contributed by atoms with van der Waals surface area (Å²) in [6.07, 6.45) is 0. The zero-order valence-corrected chi connectivity index (χ0v) is 11.6. The van der Waals surface area contributed by atoms with Crippen molar-refractivity contribution in [2.45, 2.75) is 25.9 Å². The molecule has 0 aromatic heterocycles. The number of carbonyl (C=O) groups excluding carboxylic acids is 2. The van der Waals surface area contributed by atoms with Crippen LogP contribution in [-0.4, -0.2) is 34.3 Å². The molecule has 0 radical (unpaired) electrons. The second kappa shape index (κ2) is 4.86. The Hall–Kier alpha value is -2.53. The van der Waals surface area contributed by atoms with E-state index in [1.807, 2.05) is 0 Å². The Bertz CT molecular complexity index is 602. The van der Waals surface area contributed by atoms with Gasteiger partial charge < -0.3 is 4.90 Å². The maximum absolute atomic E-state index is 12.1. The predicted molar refractivity (Wildman–Crippen MR) is 73.0 cm³/mol. The van der Waals surface area contributed by atoms with Crippen molar-refractivity contribution in [1.29, 1.82) is 0 Å². The molecule has 0 N–H and O–H groups in total. The zero-order chi connectivity index (χ0) is 14.9. The predicted octanol–water partition coefficient (Wildman–Crippen LogP) is 2.80. The molecule has 0 saturated carbocycles. The van der Waals surface area contributed by atoms with Crippen LogP contribution in [-0.2, 0) is 11.3 Å². The number of likely N-dealkylation sites (N-methyl/N-ethyl adjacent to an activating group) is 1. The van der Waals surface area contributed by atoms with Crippen molar-refractivity contribution in [3.63, 3.8) is 0 Å². The number of benzene rings is 1. The monoisotopic (exact) mass is 273 g/mol. The molecule has 1 aromatic rings. The number of amides is 3. The second-order valence-electron chi connectivity index (χ2n) is 5.15. The van der Waals surface area contributed by atoms with Crippen LogP contribution in [0.4, 0.5) is 10.5 Å². The summed E-state index contributed by atoms with van der Waals surface area (Å²) in [5.41, 5.74) is 8.87. The molecule has 1 fully saturated rings.